The Labute approximate surface area is 132 Å². The minimum atomic E-state index is -3.48. The van der Waals surface area contributed by atoms with E-state index in [1.807, 2.05) is 0 Å². The summed E-state index contributed by atoms with van der Waals surface area (Å²) in [7, 11) is -3.48. The molecule has 1 aliphatic heterocycles. The van der Waals surface area contributed by atoms with Crippen molar-refractivity contribution in [3.05, 3.63) is 23.2 Å². The second-order valence-corrected chi connectivity index (χ2v) is 7.82. The standard InChI is InChI=1S/C11H12ClN3O2S2.ClH/c12-8-1-2-10-9(7-8)14-11(18-10)19(16,17)15-5-3-13-4-6-15;/h1-2,7,13H,3-6H2;1H. The molecule has 1 aliphatic rings. The summed E-state index contributed by atoms with van der Waals surface area (Å²) >= 11 is 7.07. The quantitative estimate of drug-likeness (QED) is 0.896. The minimum absolute atomic E-state index is 0. The third-order valence-electron chi connectivity index (χ3n) is 2.97. The van der Waals surface area contributed by atoms with Crippen LogP contribution in [0.2, 0.25) is 5.02 Å². The van der Waals surface area contributed by atoms with E-state index in [9.17, 15) is 8.42 Å². The number of hydrogen-bond acceptors (Lipinski definition) is 5. The third kappa shape index (κ3) is 2.93. The van der Waals surface area contributed by atoms with Crippen molar-refractivity contribution < 1.29 is 8.42 Å². The molecule has 1 saturated heterocycles. The summed E-state index contributed by atoms with van der Waals surface area (Å²) < 4.78 is 27.4. The Balaban J connectivity index is 0.00000147. The smallest absolute Gasteiger partial charge is 0.270 e. The molecule has 1 aromatic heterocycles. The Morgan fingerprint density at radius 1 is 1.30 bits per heavy atom. The van der Waals surface area contributed by atoms with Crippen LogP contribution in [0.1, 0.15) is 0 Å². The lowest BCUT2D eigenvalue weighted by Crippen LogP contribution is -2.46. The summed E-state index contributed by atoms with van der Waals surface area (Å²) in [6.45, 7) is 2.32. The maximum absolute atomic E-state index is 12.5. The maximum atomic E-state index is 12.5. The van der Waals surface area contributed by atoms with Gasteiger partial charge in [0, 0.05) is 31.2 Å². The van der Waals surface area contributed by atoms with Crippen molar-refractivity contribution in [3.63, 3.8) is 0 Å². The first-order valence-corrected chi connectivity index (χ1v) is 8.48. The number of hydrogen-bond donors (Lipinski definition) is 1. The molecule has 5 nitrogen and oxygen atoms in total. The third-order valence-corrected chi connectivity index (χ3v) is 6.49. The van der Waals surface area contributed by atoms with Gasteiger partial charge in [0.1, 0.15) is 0 Å². The molecule has 9 heteroatoms. The Morgan fingerprint density at radius 2 is 2.00 bits per heavy atom. The number of rotatable bonds is 2. The summed E-state index contributed by atoms with van der Waals surface area (Å²) in [5.74, 6) is 0. The predicted molar refractivity (Wildman–Crippen MR) is 83.5 cm³/mol. The molecule has 0 spiro atoms. The van der Waals surface area contributed by atoms with Crippen LogP contribution in [0, 0.1) is 0 Å². The van der Waals surface area contributed by atoms with Gasteiger partial charge in [0.15, 0.2) is 0 Å². The van der Waals surface area contributed by atoms with Crippen molar-refractivity contribution in [2.75, 3.05) is 26.2 Å². The highest BCUT2D eigenvalue weighted by molar-refractivity contribution is 7.91. The van der Waals surface area contributed by atoms with E-state index in [1.165, 1.54) is 15.6 Å². The average Bonchev–Trinajstić information content (AvgIpc) is 2.83. The fourth-order valence-electron chi connectivity index (χ4n) is 1.98. The SMILES string of the molecule is Cl.O=S(=O)(c1nc2cc(Cl)ccc2s1)N1CCNCC1. The topological polar surface area (TPSA) is 62.3 Å². The summed E-state index contributed by atoms with van der Waals surface area (Å²) in [6, 6.07) is 5.22. The van der Waals surface area contributed by atoms with Crippen LogP contribution in [0.25, 0.3) is 10.2 Å². The van der Waals surface area contributed by atoms with Crippen LogP contribution < -0.4 is 5.32 Å². The summed E-state index contributed by atoms with van der Waals surface area (Å²) in [4.78, 5) is 4.20. The van der Waals surface area contributed by atoms with Crippen LogP contribution in [0.15, 0.2) is 22.5 Å². The van der Waals surface area contributed by atoms with E-state index in [1.54, 1.807) is 18.2 Å². The van der Waals surface area contributed by atoms with Crippen LogP contribution in [-0.4, -0.2) is 43.9 Å². The molecule has 110 valence electrons. The lowest BCUT2D eigenvalue weighted by atomic mass is 10.3. The van der Waals surface area contributed by atoms with Crippen molar-refractivity contribution >= 4 is 55.6 Å². The molecule has 0 bridgehead atoms. The van der Waals surface area contributed by atoms with Gasteiger partial charge in [-0.1, -0.05) is 11.6 Å². The molecule has 3 rings (SSSR count). The van der Waals surface area contributed by atoms with E-state index in [-0.39, 0.29) is 16.7 Å². The molecule has 0 saturated carbocycles. The highest BCUT2D eigenvalue weighted by atomic mass is 35.5. The molecule has 2 heterocycles. The van der Waals surface area contributed by atoms with Crippen molar-refractivity contribution in [1.82, 2.24) is 14.6 Å². The van der Waals surface area contributed by atoms with Gasteiger partial charge in [0.05, 0.1) is 10.2 Å². The predicted octanol–water partition coefficient (Wildman–Crippen LogP) is 1.97. The fourth-order valence-corrected chi connectivity index (χ4v) is 4.93. The molecule has 20 heavy (non-hydrogen) atoms. The summed E-state index contributed by atoms with van der Waals surface area (Å²) in [5, 5.41) is 3.69. The molecule has 0 atom stereocenters. The van der Waals surface area contributed by atoms with Crippen LogP contribution in [0.4, 0.5) is 0 Å². The second kappa shape index (κ2) is 6.13. The number of piperazine rings is 1. The number of nitrogens with one attached hydrogen (secondary N) is 1. The van der Waals surface area contributed by atoms with Crippen LogP contribution >= 0.6 is 35.3 Å². The summed E-state index contributed by atoms with van der Waals surface area (Å²) in [6.07, 6.45) is 0. The Morgan fingerprint density at radius 3 is 2.70 bits per heavy atom. The lowest BCUT2D eigenvalue weighted by molar-refractivity contribution is 0.360. The van der Waals surface area contributed by atoms with Gasteiger partial charge >= 0.3 is 0 Å². The van der Waals surface area contributed by atoms with E-state index < -0.39 is 10.0 Å². The van der Waals surface area contributed by atoms with Crippen molar-refractivity contribution in [2.24, 2.45) is 0 Å². The van der Waals surface area contributed by atoms with Gasteiger partial charge in [-0.05, 0) is 18.2 Å². The van der Waals surface area contributed by atoms with Gasteiger partial charge in [-0.2, -0.15) is 4.31 Å². The minimum Gasteiger partial charge on any atom is -0.314 e. The molecule has 2 aromatic rings. The van der Waals surface area contributed by atoms with E-state index in [4.69, 9.17) is 11.6 Å². The largest absolute Gasteiger partial charge is 0.314 e. The number of halogens is 2. The van der Waals surface area contributed by atoms with Gasteiger partial charge in [0.2, 0.25) is 4.34 Å². The van der Waals surface area contributed by atoms with Crippen molar-refractivity contribution in [2.45, 2.75) is 4.34 Å². The number of nitrogens with zero attached hydrogens (tertiary/aromatic N) is 2. The molecule has 0 radical (unpaired) electrons. The number of sulfonamides is 1. The molecule has 1 fully saturated rings. The zero-order valence-corrected chi connectivity index (χ0v) is 13.6. The maximum Gasteiger partial charge on any atom is 0.270 e. The Kier molecular flexibility index (Phi) is 4.88. The monoisotopic (exact) mass is 353 g/mol. The number of benzene rings is 1. The van der Waals surface area contributed by atoms with E-state index in [0.29, 0.717) is 36.7 Å². The zero-order chi connectivity index (χ0) is 13.5. The molecule has 0 unspecified atom stereocenters. The van der Waals surface area contributed by atoms with Gasteiger partial charge in [-0.15, -0.1) is 23.7 Å². The van der Waals surface area contributed by atoms with Crippen LogP contribution in [0.3, 0.4) is 0 Å². The summed E-state index contributed by atoms with van der Waals surface area (Å²) in [5.41, 5.74) is 0.631. The molecule has 1 aromatic carbocycles. The lowest BCUT2D eigenvalue weighted by Gasteiger charge is -2.25. The molecule has 1 N–H and O–H groups in total. The molecular weight excluding hydrogens is 341 g/mol. The van der Waals surface area contributed by atoms with Crippen molar-refractivity contribution in [1.29, 1.82) is 0 Å². The van der Waals surface area contributed by atoms with Crippen LogP contribution in [0.5, 0.6) is 0 Å². The second-order valence-electron chi connectivity index (χ2n) is 4.25. The first-order valence-electron chi connectivity index (χ1n) is 5.84. The van der Waals surface area contributed by atoms with Gasteiger partial charge < -0.3 is 5.32 Å². The van der Waals surface area contributed by atoms with Crippen molar-refractivity contribution in [3.8, 4) is 0 Å². The highest BCUT2D eigenvalue weighted by Gasteiger charge is 2.28. The van der Waals surface area contributed by atoms with E-state index in [0.717, 1.165) is 4.70 Å². The van der Waals surface area contributed by atoms with Gasteiger partial charge in [-0.3, -0.25) is 0 Å². The Hall–Kier alpha value is -0.440. The average molecular weight is 354 g/mol. The zero-order valence-electron chi connectivity index (χ0n) is 10.4. The number of aromatic nitrogens is 1. The number of fused-ring (bicyclic) bond motifs is 1. The first-order chi connectivity index (χ1) is 9.07. The van der Waals surface area contributed by atoms with E-state index >= 15 is 0 Å². The van der Waals surface area contributed by atoms with Crippen LogP contribution in [-0.2, 0) is 10.0 Å². The van der Waals surface area contributed by atoms with Gasteiger partial charge in [-0.25, -0.2) is 13.4 Å². The normalized spacial score (nSPS) is 17.1. The number of thiazole rings is 1. The molecule has 0 amide bonds. The molecule has 0 aliphatic carbocycles. The Bertz CT molecular complexity index is 712. The molecular formula is C11H13Cl2N3O2S2. The fraction of sp³-hybridized carbons (Fsp3) is 0.364. The van der Waals surface area contributed by atoms with Gasteiger partial charge in [0.25, 0.3) is 10.0 Å². The first kappa shape index (κ1) is 15.9. The van der Waals surface area contributed by atoms with E-state index in [2.05, 4.69) is 10.3 Å². The highest BCUT2D eigenvalue weighted by Crippen LogP contribution is 2.29.